The van der Waals surface area contributed by atoms with Gasteiger partial charge in [-0.1, -0.05) is 26.8 Å². The summed E-state index contributed by atoms with van der Waals surface area (Å²) >= 11 is 0. The van der Waals surface area contributed by atoms with E-state index in [9.17, 15) is 5.26 Å². The molecule has 7 heteroatoms. The second kappa shape index (κ2) is 6.41. The Kier molecular flexibility index (Phi) is 4.05. The van der Waals surface area contributed by atoms with Gasteiger partial charge in [0.25, 0.3) is 0 Å². The van der Waals surface area contributed by atoms with E-state index in [2.05, 4.69) is 53.3 Å². The lowest BCUT2D eigenvalue weighted by atomic mass is 9.97. The Balaban J connectivity index is 1.79. The molecule has 0 aliphatic carbocycles. The Morgan fingerprint density at radius 1 is 1.07 bits per heavy atom. The van der Waals surface area contributed by atoms with Crippen molar-refractivity contribution < 1.29 is 0 Å². The molecule has 1 aromatic carbocycles. The molecule has 0 atom stereocenters. The van der Waals surface area contributed by atoms with Crippen LogP contribution in [-0.4, -0.2) is 14.8 Å². The predicted octanol–water partition coefficient (Wildman–Crippen LogP) is 3.79. The van der Waals surface area contributed by atoms with Gasteiger partial charge in [0.1, 0.15) is 11.8 Å². The fraction of sp³-hybridized carbons (Fsp3) is 0.250. The molecule has 4 rings (SSSR count). The number of hydrogen-bond donors (Lipinski definition) is 3. The van der Waals surface area contributed by atoms with Crippen molar-refractivity contribution in [3.8, 4) is 28.5 Å². The number of nitrogens with one attached hydrogen (secondary N) is 3. The maximum atomic E-state index is 9.30. The lowest BCUT2D eigenvalue weighted by Crippen LogP contribution is -2.19. The highest BCUT2D eigenvalue weighted by atomic mass is 15.6. The molecular weight excluding hydrogens is 338 g/mol. The molecule has 3 N–H and O–H groups in total. The minimum absolute atomic E-state index is 0.140. The smallest absolute Gasteiger partial charge is 0.141 e. The fourth-order valence-corrected chi connectivity index (χ4v) is 3.12. The van der Waals surface area contributed by atoms with Crippen LogP contribution in [0.15, 0.2) is 42.7 Å². The molecular formula is C20H21N7. The number of nitriles is 1. The van der Waals surface area contributed by atoms with E-state index in [1.165, 1.54) is 0 Å². The molecule has 1 aliphatic heterocycles. The van der Waals surface area contributed by atoms with Crippen LogP contribution in [0.1, 0.15) is 26.5 Å². The van der Waals surface area contributed by atoms with Gasteiger partial charge in [0, 0.05) is 29.4 Å². The van der Waals surface area contributed by atoms with E-state index in [0.29, 0.717) is 5.69 Å². The van der Waals surface area contributed by atoms with Crippen molar-refractivity contribution >= 4 is 11.4 Å². The second-order valence-electron chi connectivity index (χ2n) is 7.83. The molecule has 0 saturated heterocycles. The predicted molar refractivity (Wildman–Crippen MR) is 105 cm³/mol. The summed E-state index contributed by atoms with van der Waals surface area (Å²) in [6.07, 6.45) is 3.89. The number of hydrazine groups is 2. The third-order valence-corrected chi connectivity index (χ3v) is 4.28. The van der Waals surface area contributed by atoms with Gasteiger partial charge in [-0.2, -0.15) is 10.4 Å². The number of aromatic nitrogens is 3. The van der Waals surface area contributed by atoms with Crippen LogP contribution in [0, 0.1) is 16.7 Å². The van der Waals surface area contributed by atoms with Crippen LogP contribution in [0.5, 0.6) is 0 Å². The number of anilines is 2. The minimum atomic E-state index is 0.140. The molecule has 0 unspecified atom stereocenters. The van der Waals surface area contributed by atoms with Crippen molar-refractivity contribution in [3.05, 3.63) is 48.4 Å². The number of hydrogen-bond acceptors (Lipinski definition) is 6. The average molecular weight is 359 g/mol. The first-order valence-corrected chi connectivity index (χ1v) is 8.78. The van der Waals surface area contributed by atoms with Gasteiger partial charge in [0.15, 0.2) is 0 Å². The second-order valence-corrected chi connectivity index (χ2v) is 7.83. The summed E-state index contributed by atoms with van der Waals surface area (Å²) in [5.41, 5.74) is 15.0. The molecule has 0 saturated carbocycles. The van der Waals surface area contributed by atoms with Crippen molar-refractivity contribution in [2.75, 3.05) is 10.9 Å². The average Bonchev–Trinajstić information content (AvgIpc) is 3.28. The fourth-order valence-electron chi connectivity index (χ4n) is 3.12. The minimum Gasteiger partial charge on any atom is -0.302 e. The first-order chi connectivity index (χ1) is 12.9. The molecule has 2 aromatic heterocycles. The van der Waals surface area contributed by atoms with Crippen molar-refractivity contribution in [1.82, 2.24) is 20.3 Å². The molecule has 3 aromatic rings. The number of fused-ring (bicyclic) bond motifs is 1. The normalized spacial score (nSPS) is 12.8. The summed E-state index contributed by atoms with van der Waals surface area (Å²) in [4.78, 5) is 4.58. The lowest BCUT2D eigenvalue weighted by molar-refractivity contribution is 0.325. The van der Waals surface area contributed by atoms with Gasteiger partial charge >= 0.3 is 0 Å². The van der Waals surface area contributed by atoms with Gasteiger partial charge in [-0.15, -0.1) is 5.53 Å². The largest absolute Gasteiger partial charge is 0.302 e. The van der Waals surface area contributed by atoms with Gasteiger partial charge in [0.05, 0.1) is 23.3 Å². The number of pyridine rings is 1. The van der Waals surface area contributed by atoms with Crippen LogP contribution in [-0.2, 0) is 6.54 Å². The molecule has 1 aliphatic rings. The van der Waals surface area contributed by atoms with Gasteiger partial charge in [-0.3, -0.25) is 4.68 Å². The number of nitrogens with zero attached hydrogens (tertiary/aromatic N) is 4. The standard InChI is InChI=1S/C20H21N7/c1-20(2,3)12-27-11-14(10-22-27)16-6-5-15(9-21)23-19(16)13-4-7-17-18(8-13)25-26-24-17/h4-8,10-11,24-26H,12H2,1-3H3. The van der Waals surface area contributed by atoms with Crippen molar-refractivity contribution in [2.24, 2.45) is 5.41 Å². The molecule has 3 heterocycles. The molecule has 27 heavy (non-hydrogen) atoms. The first-order valence-electron chi connectivity index (χ1n) is 8.78. The Labute approximate surface area is 158 Å². The van der Waals surface area contributed by atoms with E-state index >= 15 is 0 Å². The van der Waals surface area contributed by atoms with E-state index in [4.69, 9.17) is 0 Å². The van der Waals surface area contributed by atoms with Gasteiger partial charge < -0.3 is 10.9 Å². The highest BCUT2D eigenvalue weighted by Gasteiger charge is 2.17. The van der Waals surface area contributed by atoms with E-state index < -0.39 is 0 Å². The quantitative estimate of drug-likeness (QED) is 0.659. The molecule has 0 bridgehead atoms. The number of rotatable bonds is 3. The van der Waals surface area contributed by atoms with Crippen LogP contribution in [0.2, 0.25) is 0 Å². The van der Waals surface area contributed by atoms with Crippen molar-refractivity contribution in [2.45, 2.75) is 27.3 Å². The van der Waals surface area contributed by atoms with Crippen molar-refractivity contribution in [1.29, 1.82) is 5.26 Å². The lowest BCUT2D eigenvalue weighted by Gasteiger charge is -2.17. The SMILES string of the molecule is CC(C)(C)Cn1cc(-c2ccc(C#N)nc2-c2ccc3c(c2)NNN3)cn1. The van der Waals surface area contributed by atoms with E-state index in [1.54, 1.807) is 6.07 Å². The summed E-state index contributed by atoms with van der Waals surface area (Å²) in [6, 6.07) is 11.8. The zero-order chi connectivity index (χ0) is 19.0. The Morgan fingerprint density at radius 3 is 2.67 bits per heavy atom. The Bertz CT molecular complexity index is 1040. The van der Waals surface area contributed by atoms with E-state index in [1.807, 2.05) is 41.3 Å². The summed E-state index contributed by atoms with van der Waals surface area (Å²) < 4.78 is 1.95. The van der Waals surface area contributed by atoms with Crippen LogP contribution in [0.25, 0.3) is 22.4 Å². The Hall–Kier alpha value is -3.37. The van der Waals surface area contributed by atoms with Crippen LogP contribution in [0.3, 0.4) is 0 Å². The maximum absolute atomic E-state index is 9.30. The van der Waals surface area contributed by atoms with E-state index in [0.717, 1.165) is 40.3 Å². The molecule has 0 fully saturated rings. The molecule has 0 amide bonds. The van der Waals surface area contributed by atoms with Gasteiger partial charge in [-0.05, 0) is 29.7 Å². The van der Waals surface area contributed by atoms with Gasteiger partial charge in [0.2, 0.25) is 0 Å². The van der Waals surface area contributed by atoms with Crippen LogP contribution >= 0.6 is 0 Å². The summed E-state index contributed by atoms with van der Waals surface area (Å²) in [5.74, 6) is 0. The molecule has 136 valence electrons. The monoisotopic (exact) mass is 359 g/mol. The highest BCUT2D eigenvalue weighted by molar-refractivity contribution is 5.85. The van der Waals surface area contributed by atoms with E-state index in [-0.39, 0.29) is 5.41 Å². The summed E-state index contributed by atoms with van der Waals surface area (Å²) in [7, 11) is 0. The number of benzene rings is 1. The Morgan fingerprint density at radius 2 is 1.89 bits per heavy atom. The van der Waals surface area contributed by atoms with Crippen LogP contribution < -0.4 is 16.4 Å². The summed E-state index contributed by atoms with van der Waals surface area (Å²) in [5, 5.41) is 13.8. The topological polar surface area (TPSA) is 90.6 Å². The van der Waals surface area contributed by atoms with Gasteiger partial charge in [-0.25, -0.2) is 4.98 Å². The molecule has 7 nitrogen and oxygen atoms in total. The third-order valence-electron chi connectivity index (χ3n) is 4.28. The maximum Gasteiger partial charge on any atom is 0.141 e. The zero-order valence-electron chi connectivity index (χ0n) is 15.5. The van der Waals surface area contributed by atoms with Crippen molar-refractivity contribution in [3.63, 3.8) is 0 Å². The third kappa shape index (κ3) is 3.48. The summed E-state index contributed by atoms with van der Waals surface area (Å²) in [6.45, 7) is 7.38. The van der Waals surface area contributed by atoms with Crippen LogP contribution in [0.4, 0.5) is 11.4 Å². The molecule has 0 radical (unpaired) electrons. The first kappa shape index (κ1) is 17.1. The highest BCUT2D eigenvalue weighted by Crippen LogP contribution is 2.35. The zero-order valence-corrected chi connectivity index (χ0v) is 15.5. The molecule has 0 spiro atoms.